The molecule has 0 fully saturated rings. The van der Waals surface area contributed by atoms with Crippen LogP contribution in [0.25, 0.3) is 0 Å². The Balaban J connectivity index is 2.67. The van der Waals surface area contributed by atoms with Gasteiger partial charge in [0.25, 0.3) is 0 Å². The summed E-state index contributed by atoms with van der Waals surface area (Å²) in [6.45, 7) is 6.99. The molecule has 1 rings (SSSR count). The Hall–Kier alpha value is -2.04. The van der Waals surface area contributed by atoms with Gasteiger partial charge in [-0.2, -0.15) is 0 Å². The van der Waals surface area contributed by atoms with E-state index < -0.39 is 0 Å². The molecule has 188 valence electrons. The Labute approximate surface area is 201 Å². The molecule has 0 heterocycles. The highest BCUT2D eigenvalue weighted by atomic mass is 16.6. The van der Waals surface area contributed by atoms with Crippen LogP contribution in [0.5, 0.6) is 17.2 Å². The second-order valence-electron chi connectivity index (χ2n) is 8.77. The Kier molecular flexibility index (Phi) is 17.1. The molecule has 5 nitrogen and oxygen atoms in total. The van der Waals surface area contributed by atoms with Crippen LogP contribution in [0.2, 0.25) is 0 Å². The zero-order valence-electron chi connectivity index (χ0n) is 21.3. The predicted octanol–water partition coefficient (Wildman–Crippen LogP) is 8.18. The Bertz CT molecular complexity index is 656. The molecule has 0 radical (unpaired) electrons. The highest BCUT2D eigenvalue weighted by molar-refractivity contribution is 5.77. The molecular formula is C28H46O5. The van der Waals surface area contributed by atoms with Crippen molar-refractivity contribution in [1.29, 1.82) is 0 Å². The molecule has 0 N–H and O–H groups in total. The fourth-order valence-corrected chi connectivity index (χ4v) is 3.55. The number of carbonyl (C=O) groups is 2. The minimum atomic E-state index is -0.315. The molecule has 0 aromatic heterocycles. The van der Waals surface area contributed by atoms with E-state index in [9.17, 15) is 9.59 Å². The van der Waals surface area contributed by atoms with Gasteiger partial charge in [-0.3, -0.25) is 9.59 Å². The van der Waals surface area contributed by atoms with Crippen LogP contribution in [0, 0.1) is 0 Å². The summed E-state index contributed by atoms with van der Waals surface area (Å²) >= 11 is 0. The topological polar surface area (TPSA) is 61.8 Å². The second-order valence-corrected chi connectivity index (χ2v) is 8.77. The van der Waals surface area contributed by atoms with Crippen LogP contribution in [0.1, 0.15) is 124 Å². The summed E-state index contributed by atoms with van der Waals surface area (Å²) in [5, 5.41) is 0. The van der Waals surface area contributed by atoms with Gasteiger partial charge in [0.1, 0.15) is 0 Å². The van der Waals surface area contributed by atoms with Gasteiger partial charge >= 0.3 is 11.9 Å². The van der Waals surface area contributed by atoms with E-state index in [0.29, 0.717) is 25.2 Å². The van der Waals surface area contributed by atoms with Gasteiger partial charge in [0, 0.05) is 12.8 Å². The number of hydrogen-bond acceptors (Lipinski definition) is 5. The fraction of sp³-hybridized carbons (Fsp3) is 0.714. The van der Waals surface area contributed by atoms with E-state index in [2.05, 4.69) is 20.8 Å². The first-order valence-electron chi connectivity index (χ1n) is 13.3. The largest absolute Gasteiger partial charge is 0.490 e. The number of esters is 2. The summed E-state index contributed by atoms with van der Waals surface area (Å²) in [6.07, 6.45) is 15.8. The van der Waals surface area contributed by atoms with E-state index in [1.807, 2.05) is 0 Å². The van der Waals surface area contributed by atoms with Crippen molar-refractivity contribution in [2.45, 2.75) is 124 Å². The van der Waals surface area contributed by atoms with Crippen LogP contribution >= 0.6 is 0 Å². The van der Waals surface area contributed by atoms with Crippen molar-refractivity contribution in [3.63, 3.8) is 0 Å². The van der Waals surface area contributed by atoms with Crippen molar-refractivity contribution < 1.29 is 23.8 Å². The Morgan fingerprint density at radius 2 is 1.09 bits per heavy atom. The zero-order valence-corrected chi connectivity index (χ0v) is 21.3. The smallest absolute Gasteiger partial charge is 0.311 e. The molecule has 0 amide bonds. The van der Waals surface area contributed by atoms with Crippen molar-refractivity contribution in [3.8, 4) is 17.2 Å². The third-order valence-corrected chi connectivity index (χ3v) is 5.61. The van der Waals surface area contributed by atoms with E-state index in [4.69, 9.17) is 14.2 Å². The lowest BCUT2D eigenvalue weighted by Crippen LogP contribution is -2.13. The molecule has 0 spiro atoms. The lowest BCUT2D eigenvalue weighted by molar-refractivity contribution is -0.137. The maximum absolute atomic E-state index is 12.5. The number of ether oxygens (including phenoxy) is 3. The van der Waals surface area contributed by atoms with Crippen LogP contribution in [0.4, 0.5) is 0 Å². The summed E-state index contributed by atoms with van der Waals surface area (Å²) in [4.78, 5) is 24.9. The molecule has 0 bridgehead atoms. The highest BCUT2D eigenvalue weighted by Gasteiger charge is 2.19. The normalized spacial score (nSPS) is 10.8. The summed E-state index contributed by atoms with van der Waals surface area (Å²) in [7, 11) is 0. The van der Waals surface area contributed by atoms with Crippen LogP contribution < -0.4 is 14.2 Å². The molecule has 1 aromatic carbocycles. The maximum Gasteiger partial charge on any atom is 0.311 e. The van der Waals surface area contributed by atoms with Crippen molar-refractivity contribution in [1.82, 2.24) is 0 Å². The Morgan fingerprint density at radius 3 is 1.67 bits per heavy atom. The molecule has 1 aromatic rings. The average molecular weight is 463 g/mol. The summed E-state index contributed by atoms with van der Waals surface area (Å²) < 4.78 is 17.1. The van der Waals surface area contributed by atoms with Gasteiger partial charge in [-0.1, -0.05) is 97.5 Å². The number of unbranched alkanes of at least 4 members (excludes halogenated alkanes) is 11. The number of para-hydroxylation sites is 1. The lowest BCUT2D eigenvalue weighted by atomic mass is 10.1. The third-order valence-electron chi connectivity index (χ3n) is 5.61. The fourth-order valence-electron chi connectivity index (χ4n) is 3.55. The summed E-state index contributed by atoms with van der Waals surface area (Å²) in [5.41, 5.74) is 0. The second kappa shape index (κ2) is 19.4. The third kappa shape index (κ3) is 14.0. The molecule has 0 atom stereocenters. The van der Waals surface area contributed by atoms with Gasteiger partial charge in [-0.15, -0.1) is 0 Å². The SMILES string of the molecule is CCCCCCCCC(=O)Oc1cccc(OCCCC)c1OC(=O)CCCCCCCC. The Morgan fingerprint density at radius 1 is 0.606 bits per heavy atom. The molecular weight excluding hydrogens is 416 g/mol. The molecule has 33 heavy (non-hydrogen) atoms. The average Bonchev–Trinajstić information content (AvgIpc) is 2.80. The van der Waals surface area contributed by atoms with E-state index in [0.717, 1.165) is 51.4 Å². The molecule has 0 aliphatic rings. The highest BCUT2D eigenvalue weighted by Crippen LogP contribution is 2.38. The number of benzene rings is 1. The molecule has 0 aliphatic heterocycles. The van der Waals surface area contributed by atoms with Crippen LogP contribution in [-0.2, 0) is 9.59 Å². The first-order chi connectivity index (χ1) is 16.1. The number of hydrogen-bond donors (Lipinski definition) is 0. The van der Waals surface area contributed by atoms with E-state index >= 15 is 0 Å². The number of carbonyl (C=O) groups excluding carboxylic acids is 2. The minimum absolute atomic E-state index is 0.223. The molecule has 0 aliphatic carbocycles. The van der Waals surface area contributed by atoms with Crippen LogP contribution in [-0.4, -0.2) is 18.5 Å². The van der Waals surface area contributed by atoms with Gasteiger partial charge in [0.15, 0.2) is 11.5 Å². The molecule has 0 saturated carbocycles. The standard InChI is InChI=1S/C28H46O5/c1-4-7-10-12-14-16-21-26(29)32-25-20-18-19-24(31-23-9-6-3)28(25)33-27(30)22-17-15-13-11-8-5-2/h18-20H,4-17,21-23H2,1-3H3. The quantitative estimate of drug-likeness (QED) is 0.111. The van der Waals surface area contributed by atoms with Gasteiger partial charge in [0.2, 0.25) is 5.75 Å². The zero-order chi connectivity index (χ0) is 24.2. The molecule has 0 saturated heterocycles. The monoisotopic (exact) mass is 462 g/mol. The summed E-state index contributed by atoms with van der Waals surface area (Å²) in [5.74, 6) is 0.316. The van der Waals surface area contributed by atoms with E-state index in [-0.39, 0.29) is 23.4 Å². The van der Waals surface area contributed by atoms with Crippen molar-refractivity contribution in [3.05, 3.63) is 18.2 Å². The van der Waals surface area contributed by atoms with Crippen LogP contribution in [0.3, 0.4) is 0 Å². The van der Waals surface area contributed by atoms with Gasteiger partial charge in [0.05, 0.1) is 6.61 Å². The first-order valence-corrected chi connectivity index (χ1v) is 13.3. The van der Waals surface area contributed by atoms with Gasteiger partial charge in [-0.25, -0.2) is 0 Å². The minimum Gasteiger partial charge on any atom is -0.490 e. The summed E-state index contributed by atoms with van der Waals surface area (Å²) in [6, 6.07) is 5.19. The maximum atomic E-state index is 12.5. The van der Waals surface area contributed by atoms with Crippen LogP contribution in [0.15, 0.2) is 18.2 Å². The molecule has 5 heteroatoms. The lowest BCUT2D eigenvalue weighted by Gasteiger charge is -2.15. The van der Waals surface area contributed by atoms with Gasteiger partial charge < -0.3 is 14.2 Å². The van der Waals surface area contributed by atoms with Crippen molar-refractivity contribution in [2.24, 2.45) is 0 Å². The number of rotatable bonds is 20. The molecule has 0 unspecified atom stereocenters. The first kappa shape index (κ1) is 29.0. The van der Waals surface area contributed by atoms with Gasteiger partial charge in [-0.05, 0) is 31.4 Å². The predicted molar refractivity (Wildman–Crippen MR) is 134 cm³/mol. The van der Waals surface area contributed by atoms with Crippen molar-refractivity contribution in [2.75, 3.05) is 6.61 Å². The van der Waals surface area contributed by atoms with E-state index in [1.165, 1.54) is 38.5 Å². The van der Waals surface area contributed by atoms with Crippen molar-refractivity contribution >= 4 is 11.9 Å². The van der Waals surface area contributed by atoms with E-state index in [1.54, 1.807) is 18.2 Å².